The highest BCUT2D eigenvalue weighted by Crippen LogP contribution is 2.22. The van der Waals surface area contributed by atoms with Crippen LogP contribution >= 0.6 is 23.4 Å². The number of rotatable bonds is 9. The van der Waals surface area contributed by atoms with Crippen LogP contribution in [0.2, 0.25) is 5.02 Å². The maximum Gasteiger partial charge on any atom is 0.358 e. The van der Waals surface area contributed by atoms with Crippen LogP contribution in [0, 0.1) is 5.82 Å². The first-order chi connectivity index (χ1) is 16.0. The van der Waals surface area contributed by atoms with Crippen LogP contribution < -0.4 is 4.74 Å². The Labute approximate surface area is 196 Å². The van der Waals surface area contributed by atoms with Gasteiger partial charge in [0.1, 0.15) is 36.0 Å². The molecule has 0 aliphatic heterocycles. The summed E-state index contributed by atoms with van der Waals surface area (Å²) in [4.78, 5) is 11.5. The lowest BCUT2D eigenvalue weighted by molar-refractivity contribution is 0.0593. The Balaban J connectivity index is 1.33. The van der Waals surface area contributed by atoms with Gasteiger partial charge in [-0.05, 0) is 30.3 Å². The molecule has 0 bridgehead atoms. The minimum absolute atomic E-state index is 0.0150. The van der Waals surface area contributed by atoms with Crippen molar-refractivity contribution in [3.63, 3.8) is 0 Å². The molecule has 0 spiro atoms. The van der Waals surface area contributed by atoms with E-state index >= 15 is 0 Å². The normalized spacial score (nSPS) is 11.2. The van der Waals surface area contributed by atoms with Crippen LogP contribution in [-0.4, -0.2) is 43.9 Å². The molecule has 4 rings (SSSR count). The summed E-state index contributed by atoms with van der Waals surface area (Å²) in [5.41, 5.74) is 0.220. The van der Waals surface area contributed by atoms with Crippen LogP contribution in [0.1, 0.15) is 22.0 Å². The fraction of sp³-hybridized carbons (Fsp3) is 0.150. The van der Waals surface area contributed by atoms with Crippen LogP contribution in [0.25, 0.3) is 0 Å². The molecule has 0 saturated heterocycles. The molecule has 0 radical (unpaired) electrons. The van der Waals surface area contributed by atoms with Crippen molar-refractivity contribution in [3.8, 4) is 5.75 Å². The predicted octanol–water partition coefficient (Wildman–Crippen LogP) is 3.86. The quantitative estimate of drug-likeness (QED) is 0.198. The first-order valence-electron chi connectivity index (χ1n) is 9.37. The van der Waals surface area contributed by atoms with Crippen LogP contribution in [0.5, 0.6) is 5.75 Å². The van der Waals surface area contributed by atoms with Crippen molar-refractivity contribution in [2.24, 2.45) is 5.10 Å². The van der Waals surface area contributed by atoms with Gasteiger partial charge in [-0.15, -0.1) is 10.2 Å². The lowest BCUT2D eigenvalue weighted by Crippen LogP contribution is -2.04. The van der Waals surface area contributed by atoms with Gasteiger partial charge >= 0.3 is 5.97 Å². The summed E-state index contributed by atoms with van der Waals surface area (Å²) < 4.78 is 32.1. The van der Waals surface area contributed by atoms with Gasteiger partial charge in [0.2, 0.25) is 5.16 Å². The number of hydrogen-bond acceptors (Lipinski definition) is 9. The third-order valence-corrected chi connectivity index (χ3v) is 5.34. The second-order valence-corrected chi connectivity index (χ2v) is 7.70. The first kappa shape index (κ1) is 22.6. The summed E-state index contributed by atoms with van der Waals surface area (Å²) in [5.74, 6) is 0.843. The standard InChI is InChI=1S/C20H16ClFN6O4S/c1-30-19(29)18-6-7-27(26-18)12-33-20-25-23-11-28(20)24-9-14-2-3-15(32-14)10-31-13-4-5-17(22)16(21)8-13/h2-9,11H,10,12H2,1H3/b24-9-. The maximum atomic E-state index is 13.2. The van der Waals surface area contributed by atoms with Crippen molar-refractivity contribution in [2.75, 3.05) is 7.11 Å². The number of halogens is 2. The number of hydrogen-bond donors (Lipinski definition) is 0. The predicted molar refractivity (Wildman–Crippen MR) is 117 cm³/mol. The SMILES string of the molecule is COC(=O)c1ccn(CSc2nncn2/N=C\c2ccc(COc3ccc(F)c(Cl)c3)o2)n1. The summed E-state index contributed by atoms with van der Waals surface area (Å²) in [6.07, 6.45) is 4.62. The van der Waals surface area contributed by atoms with Crippen molar-refractivity contribution in [1.29, 1.82) is 0 Å². The molecule has 170 valence electrons. The van der Waals surface area contributed by atoms with Gasteiger partial charge < -0.3 is 13.9 Å². The summed E-state index contributed by atoms with van der Waals surface area (Å²) in [7, 11) is 1.30. The van der Waals surface area contributed by atoms with Crippen molar-refractivity contribution >= 4 is 35.5 Å². The molecule has 10 nitrogen and oxygen atoms in total. The molecule has 4 aromatic rings. The molecule has 1 aromatic carbocycles. The van der Waals surface area contributed by atoms with E-state index in [-0.39, 0.29) is 17.3 Å². The zero-order valence-corrected chi connectivity index (χ0v) is 18.7. The van der Waals surface area contributed by atoms with Crippen molar-refractivity contribution in [2.45, 2.75) is 17.6 Å². The third kappa shape index (κ3) is 5.79. The molecule has 0 N–H and O–H groups in total. The summed E-state index contributed by atoms with van der Waals surface area (Å²) in [5, 5.41) is 16.8. The van der Waals surface area contributed by atoms with Crippen LogP contribution in [0.4, 0.5) is 4.39 Å². The molecule has 3 heterocycles. The maximum absolute atomic E-state index is 13.2. The van der Waals surface area contributed by atoms with Gasteiger partial charge in [0, 0.05) is 12.3 Å². The molecular weight excluding hydrogens is 475 g/mol. The zero-order valence-electron chi connectivity index (χ0n) is 17.1. The molecule has 33 heavy (non-hydrogen) atoms. The van der Waals surface area contributed by atoms with Gasteiger partial charge in [-0.2, -0.15) is 14.9 Å². The summed E-state index contributed by atoms with van der Waals surface area (Å²) in [6, 6.07) is 9.15. The smallest absolute Gasteiger partial charge is 0.358 e. The average Bonchev–Trinajstić information content (AvgIpc) is 3.57. The number of thioether (sulfide) groups is 1. The molecule has 13 heteroatoms. The highest BCUT2D eigenvalue weighted by atomic mass is 35.5. The van der Waals surface area contributed by atoms with E-state index in [1.165, 1.54) is 54.3 Å². The van der Waals surface area contributed by atoms with Crippen molar-refractivity contribution in [1.82, 2.24) is 24.7 Å². The van der Waals surface area contributed by atoms with Gasteiger partial charge in [-0.1, -0.05) is 23.4 Å². The summed E-state index contributed by atoms with van der Waals surface area (Å²) >= 11 is 7.07. The Bertz CT molecular complexity index is 1290. The Morgan fingerprint density at radius 1 is 1.33 bits per heavy atom. The molecule has 0 amide bonds. The third-order valence-electron chi connectivity index (χ3n) is 4.13. The number of carbonyl (C=O) groups is 1. The number of benzene rings is 1. The van der Waals surface area contributed by atoms with E-state index < -0.39 is 11.8 Å². The van der Waals surface area contributed by atoms with Crippen LogP contribution in [0.15, 0.2) is 63.6 Å². The van der Waals surface area contributed by atoms with Crippen LogP contribution in [0.3, 0.4) is 0 Å². The highest BCUT2D eigenvalue weighted by molar-refractivity contribution is 7.98. The molecule has 0 aliphatic rings. The van der Waals surface area contributed by atoms with Gasteiger partial charge in [0.15, 0.2) is 5.69 Å². The largest absolute Gasteiger partial charge is 0.486 e. The number of esters is 1. The molecule has 0 fully saturated rings. The second kappa shape index (κ2) is 10.3. The highest BCUT2D eigenvalue weighted by Gasteiger charge is 2.11. The van der Waals surface area contributed by atoms with Gasteiger partial charge in [0.05, 0.1) is 24.2 Å². The van der Waals surface area contributed by atoms with Gasteiger partial charge in [0.25, 0.3) is 0 Å². The van der Waals surface area contributed by atoms with E-state index in [1.807, 2.05) is 0 Å². The van der Waals surface area contributed by atoms with Crippen molar-refractivity contribution in [3.05, 3.63) is 77.0 Å². The Kier molecular flexibility index (Phi) is 7.05. The van der Waals surface area contributed by atoms with Gasteiger partial charge in [-0.3, -0.25) is 4.68 Å². The molecule has 0 atom stereocenters. The lowest BCUT2D eigenvalue weighted by atomic mass is 10.3. The number of carbonyl (C=O) groups excluding carboxylic acids is 1. The molecular formula is C20H16ClFN6O4S. The number of ether oxygens (including phenoxy) is 2. The Morgan fingerprint density at radius 3 is 3.03 bits per heavy atom. The fourth-order valence-corrected chi connectivity index (χ4v) is 3.44. The van der Waals surface area contributed by atoms with Crippen molar-refractivity contribution < 1.29 is 23.1 Å². The summed E-state index contributed by atoms with van der Waals surface area (Å²) in [6.45, 7) is 0.140. The van der Waals surface area contributed by atoms with E-state index in [0.29, 0.717) is 28.3 Å². The molecule has 3 aromatic heterocycles. The van der Waals surface area contributed by atoms with E-state index in [0.717, 1.165) is 0 Å². The second-order valence-electron chi connectivity index (χ2n) is 6.38. The van der Waals surface area contributed by atoms with E-state index in [1.54, 1.807) is 29.1 Å². The van der Waals surface area contributed by atoms with Crippen LogP contribution in [-0.2, 0) is 17.2 Å². The number of aromatic nitrogens is 5. The van der Waals surface area contributed by atoms with E-state index in [9.17, 15) is 9.18 Å². The fourth-order valence-electron chi connectivity index (χ4n) is 2.55. The minimum atomic E-state index is -0.511. The first-order valence-corrected chi connectivity index (χ1v) is 10.7. The molecule has 0 unspecified atom stereocenters. The Morgan fingerprint density at radius 2 is 2.21 bits per heavy atom. The zero-order chi connectivity index (χ0) is 23.2. The minimum Gasteiger partial charge on any atom is -0.486 e. The van der Waals surface area contributed by atoms with Gasteiger partial charge in [-0.25, -0.2) is 9.18 Å². The number of methoxy groups -OCH3 is 1. The number of furan rings is 1. The van der Waals surface area contributed by atoms with E-state index in [2.05, 4.69) is 25.1 Å². The molecule has 0 aliphatic carbocycles. The Hall–Kier alpha value is -3.64. The van der Waals surface area contributed by atoms with E-state index in [4.69, 9.17) is 20.8 Å². The topological polar surface area (TPSA) is 110 Å². The lowest BCUT2D eigenvalue weighted by Gasteiger charge is -2.04. The average molecular weight is 491 g/mol. The number of nitrogens with zero attached hydrogens (tertiary/aromatic N) is 6. The monoisotopic (exact) mass is 490 g/mol. The molecule has 0 saturated carbocycles.